The van der Waals surface area contributed by atoms with Gasteiger partial charge in [-0.3, -0.25) is 0 Å². The van der Waals surface area contributed by atoms with Crippen molar-refractivity contribution in [2.45, 2.75) is 64.7 Å². The molecule has 0 radical (unpaired) electrons. The van der Waals surface area contributed by atoms with E-state index >= 15 is 0 Å². The first-order valence-electron chi connectivity index (χ1n) is 6.93. The Kier molecular flexibility index (Phi) is 4.04. The number of unbranched alkanes of at least 4 members (excludes halogenated alkanes) is 3. The molecule has 1 atom stereocenters. The van der Waals surface area contributed by atoms with Crippen LogP contribution in [-0.2, 0) is 12.8 Å². The largest absolute Gasteiger partial charge is 0.0654 e. The fourth-order valence-electron chi connectivity index (χ4n) is 2.99. The normalized spacial score (nSPS) is 18.8. The summed E-state index contributed by atoms with van der Waals surface area (Å²) in [6.45, 7) is 4.67. The molecule has 1 aliphatic rings. The lowest BCUT2D eigenvalue weighted by Gasteiger charge is -2.12. The molecule has 0 nitrogen and oxygen atoms in total. The molecule has 0 heterocycles. The van der Waals surface area contributed by atoms with E-state index in [0.717, 1.165) is 5.92 Å². The molecule has 1 aromatic rings. The van der Waals surface area contributed by atoms with E-state index in [2.05, 4.69) is 32.0 Å². The Hall–Kier alpha value is -0.780. The number of benzene rings is 1. The molecular formula is C16H24. The first kappa shape index (κ1) is 11.7. The minimum absolute atomic E-state index is 0.803. The second kappa shape index (κ2) is 5.52. The first-order valence-corrected chi connectivity index (χ1v) is 6.93. The third-order valence-corrected chi connectivity index (χ3v) is 3.93. The summed E-state index contributed by atoms with van der Waals surface area (Å²) in [4.78, 5) is 0. The Morgan fingerprint density at radius 2 is 2.06 bits per heavy atom. The zero-order chi connectivity index (χ0) is 11.4. The fraction of sp³-hybridized carbons (Fsp3) is 0.625. The molecule has 0 aliphatic heterocycles. The molecule has 1 aromatic carbocycles. The maximum Gasteiger partial charge on any atom is -0.0182 e. The average molecular weight is 216 g/mol. The van der Waals surface area contributed by atoms with Gasteiger partial charge in [0.25, 0.3) is 0 Å². The lowest BCUT2D eigenvalue weighted by Crippen LogP contribution is -1.96. The number of hydrogen-bond donors (Lipinski definition) is 0. The summed E-state index contributed by atoms with van der Waals surface area (Å²) < 4.78 is 0. The molecule has 0 fully saturated rings. The third-order valence-electron chi connectivity index (χ3n) is 3.93. The maximum absolute atomic E-state index is 2.39. The Morgan fingerprint density at radius 1 is 1.19 bits per heavy atom. The fourth-order valence-corrected chi connectivity index (χ4v) is 2.99. The van der Waals surface area contributed by atoms with E-state index in [4.69, 9.17) is 0 Å². The van der Waals surface area contributed by atoms with Crippen LogP contribution < -0.4 is 0 Å². The van der Waals surface area contributed by atoms with Crippen molar-refractivity contribution in [1.82, 2.24) is 0 Å². The zero-order valence-electron chi connectivity index (χ0n) is 10.8. The van der Waals surface area contributed by atoms with Gasteiger partial charge >= 0.3 is 0 Å². The van der Waals surface area contributed by atoms with Gasteiger partial charge in [-0.1, -0.05) is 51.3 Å². The SMILES string of the molecule is CCCCCCc1cccc2c1C(C)CC2. The van der Waals surface area contributed by atoms with Crippen LogP contribution in [0.5, 0.6) is 0 Å². The first-order chi connectivity index (χ1) is 7.83. The van der Waals surface area contributed by atoms with Crippen LogP contribution in [-0.4, -0.2) is 0 Å². The molecule has 1 unspecified atom stereocenters. The number of rotatable bonds is 5. The van der Waals surface area contributed by atoms with Crippen LogP contribution in [0.3, 0.4) is 0 Å². The van der Waals surface area contributed by atoms with Gasteiger partial charge in [0, 0.05) is 0 Å². The highest BCUT2D eigenvalue weighted by Gasteiger charge is 2.20. The van der Waals surface area contributed by atoms with Gasteiger partial charge in [0.2, 0.25) is 0 Å². The number of aryl methyl sites for hydroxylation is 2. The molecule has 88 valence electrons. The quantitative estimate of drug-likeness (QED) is 0.617. The molecule has 0 bridgehead atoms. The second-order valence-electron chi connectivity index (χ2n) is 5.24. The van der Waals surface area contributed by atoms with Crippen molar-refractivity contribution in [3.63, 3.8) is 0 Å². The van der Waals surface area contributed by atoms with Gasteiger partial charge in [-0.05, 0) is 48.3 Å². The Labute approximate surface area is 100 Å². The standard InChI is InChI=1S/C16H24/c1-3-4-5-6-8-14-9-7-10-15-12-11-13(2)16(14)15/h7,9-10,13H,3-6,8,11-12H2,1-2H3. The predicted octanol–water partition coefficient (Wildman–Crippen LogP) is 4.86. The van der Waals surface area contributed by atoms with E-state index in [0.29, 0.717) is 0 Å². The van der Waals surface area contributed by atoms with Crippen molar-refractivity contribution in [3.05, 3.63) is 34.9 Å². The van der Waals surface area contributed by atoms with Crippen molar-refractivity contribution in [3.8, 4) is 0 Å². The maximum atomic E-state index is 2.39. The Bertz CT molecular complexity index is 338. The molecule has 0 saturated carbocycles. The van der Waals surface area contributed by atoms with Crippen LogP contribution >= 0.6 is 0 Å². The summed E-state index contributed by atoms with van der Waals surface area (Å²) in [6.07, 6.45) is 9.47. The van der Waals surface area contributed by atoms with E-state index in [1.165, 1.54) is 44.9 Å². The minimum atomic E-state index is 0.803. The Balaban J connectivity index is 2.02. The van der Waals surface area contributed by atoms with Crippen molar-refractivity contribution in [2.75, 3.05) is 0 Å². The summed E-state index contributed by atoms with van der Waals surface area (Å²) in [6, 6.07) is 6.94. The van der Waals surface area contributed by atoms with Crippen LogP contribution in [0, 0.1) is 0 Å². The lowest BCUT2D eigenvalue weighted by atomic mass is 9.93. The van der Waals surface area contributed by atoms with Gasteiger partial charge in [0.15, 0.2) is 0 Å². The highest BCUT2D eigenvalue weighted by Crippen LogP contribution is 2.35. The molecular weight excluding hydrogens is 192 g/mol. The Morgan fingerprint density at radius 3 is 2.88 bits per heavy atom. The summed E-state index contributed by atoms with van der Waals surface area (Å²) in [7, 11) is 0. The minimum Gasteiger partial charge on any atom is -0.0654 e. The van der Waals surface area contributed by atoms with Crippen LogP contribution in [0.15, 0.2) is 18.2 Å². The number of fused-ring (bicyclic) bond motifs is 1. The highest BCUT2D eigenvalue weighted by atomic mass is 14.3. The lowest BCUT2D eigenvalue weighted by molar-refractivity contribution is 0.660. The smallest absolute Gasteiger partial charge is 0.0182 e. The second-order valence-corrected chi connectivity index (χ2v) is 5.24. The van der Waals surface area contributed by atoms with Gasteiger partial charge in [-0.2, -0.15) is 0 Å². The van der Waals surface area contributed by atoms with E-state index in [9.17, 15) is 0 Å². The average Bonchev–Trinajstić information content (AvgIpc) is 2.68. The summed E-state index contributed by atoms with van der Waals surface area (Å²) in [5.41, 5.74) is 4.96. The molecule has 0 spiro atoms. The molecule has 2 rings (SSSR count). The molecule has 16 heavy (non-hydrogen) atoms. The third kappa shape index (κ3) is 2.48. The number of hydrogen-bond acceptors (Lipinski definition) is 0. The van der Waals surface area contributed by atoms with Crippen molar-refractivity contribution in [2.24, 2.45) is 0 Å². The summed E-state index contributed by atoms with van der Waals surface area (Å²) in [5.74, 6) is 0.803. The van der Waals surface area contributed by atoms with E-state index in [-0.39, 0.29) is 0 Å². The molecule has 0 aromatic heterocycles. The highest BCUT2D eigenvalue weighted by molar-refractivity contribution is 5.41. The molecule has 0 amide bonds. The van der Waals surface area contributed by atoms with Gasteiger partial charge in [0.1, 0.15) is 0 Å². The van der Waals surface area contributed by atoms with Crippen LogP contribution in [0.4, 0.5) is 0 Å². The van der Waals surface area contributed by atoms with Crippen molar-refractivity contribution in [1.29, 1.82) is 0 Å². The van der Waals surface area contributed by atoms with Crippen LogP contribution in [0.25, 0.3) is 0 Å². The van der Waals surface area contributed by atoms with Crippen molar-refractivity contribution >= 4 is 0 Å². The molecule has 0 N–H and O–H groups in total. The van der Waals surface area contributed by atoms with Gasteiger partial charge in [-0.25, -0.2) is 0 Å². The van der Waals surface area contributed by atoms with E-state index in [1.54, 1.807) is 16.7 Å². The molecule has 0 heteroatoms. The van der Waals surface area contributed by atoms with E-state index in [1.807, 2.05) is 0 Å². The van der Waals surface area contributed by atoms with Crippen LogP contribution in [0.2, 0.25) is 0 Å². The van der Waals surface area contributed by atoms with Crippen molar-refractivity contribution < 1.29 is 0 Å². The van der Waals surface area contributed by atoms with Gasteiger partial charge in [0.05, 0.1) is 0 Å². The molecule has 1 aliphatic carbocycles. The zero-order valence-corrected chi connectivity index (χ0v) is 10.8. The summed E-state index contributed by atoms with van der Waals surface area (Å²) >= 11 is 0. The summed E-state index contributed by atoms with van der Waals surface area (Å²) in [5, 5.41) is 0. The van der Waals surface area contributed by atoms with E-state index < -0.39 is 0 Å². The predicted molar refractivity (Wildman–Crippen MR) is 71.0 cm³/mol. The topological polar surface area (TPSA) is 0 Å². The van der Waals surface area contributed by atoms with Crippen LogP contribution in [0.1, 0.15) is 68.6 Å². The van der Waals surface area contributed by atoms with Gasteiger partial charge < -0.3 is 0 Å². The monoisotopic (exact) mass is 216 g/mol. The molecule has 0 saturated heterocycles. The van der Waals surface area contributed by atoms with Gasteiger partial charge in [-0.15, -0.1) is 0 Å².